The second-order valence-electron chi connectivity index (χ2n) is 7.91. The summed E-state index contributed by atoms with van der Waals surface area (Å²) in [6.45, 7) is 7.68. The number of nitrogens with zero attached hydrogens (tertiary/aromatic N) is 2. The maximum Gasteiger partial charge on any atom is 0.273 e. The van der Waals surface area contributed by atoms with E-state index in [2.05, 4.69) is 55.3 Å². The van der Waals surface area contributed by atoms with Crippen LogP contribution in [0.5, 0.6) is 0 Å². The van der Waals surface area contributed by atoms with Gasteiger partial charge in [-0.25, -0.2) is 5.43 Å². The molecule has 0 spiro atoms. The molecule has 0 radical (unpaired) electrons. The number of unbranched alkanes of at least 4 members (excludes halogenated alkanes) is 1. The Morgan fingerprint density at radius 2 is 2.07 bits per heavy atom. The number of hydrazone groups is 1. The third-order valence-corrected chi connectivity index (χ3v) is 5.94. The van der Waals surface area contributed by atoms with Crippen molar-refractivity contribution in [3.05, 3.63) is 50.5 Å². The molecule has 1 amide bonds. The number of hydrogen-bond donors (Lipinski definition) is 2. The second-order valence-corrected chi connectivity index (χ2v) is 8.86. The lowest BCUT2D eigenvalue weighted by Crippen LogP contribution is -2.13. The molecule has 1 aliphatic rings. The van der Waals surface area contributed by atoms with Crippen LogP contribution in [0.15, 0.2) is 28.2 Å². The monoisotopic (exact) mass is 398 g/mol. The minimum atomic E-state index is -0.141. The van der Waals surface area contributed by atoms with Crippen LogP contribution in [-0.4, -0.2) is 42.1 Å². The van der Waals surface area contributed by atoms with Crippen molar-refractivity contribution >= 4 is 29.0 Å². The summed E-state index contributed by atoms with van der Waals surface area (Å²) in [5.74, 6) is 0.241. The number of rotatable bonds is 8. The van der Waals surface area contributed by atoms with Crippen LogP contribution in [0, 0.1) is 6.92 Å². The molecule has 2 aromatic heterocycles. The SMILES string of the molecule is Cc1[nH]c(C=C2C(=O)NN=C2c2cccs2)c(C(C)C)c1CCCCN(C)C. The number of aryl methyl sites for hydroxylation is 1. The molecule has 0 aliphatic carbocycles. The number of hydrogen-bond acceptors (Lipinski definition) is 4. The van der Waals surface area contributed by atoms with Gasteiger partial charge in [0.15, 0.2) is 0 Å². The van der Waals surface area contributed by atoms with E-state index in [1.54, 1.807) is 11.3 Å². The van der Waals surface area contributed by atoms with Gasteiger partial charge in [0.25, 0.3) is 5.91 Å². The second kappa shape index (κ2) is 8.88. The van der Waals surface area contributed by atoms with Gasteiger partial charge in [-0.2, -0.15) is 5.10 Å². The van der Waals surface area contributed by atoms with Gasteiger partial charge in [-0.1, -0.05) is 19.9 Å². The molecule has 0 saturated heterocycles. The molecule has 150 valence electrons. The number of aromatic amines is 1. The van der Waals surface area contributed by atoms with E-state index >= 15 is 0 Å². The number of amides is 1. The zero-order chi connectivity index (χ0) is 20.3. The van der Waals surface area contributed by atoms with E-state index < -0.39 is 0 Å². The number of carbonyl (C=O) groups excluding carboxylic acids is 1. The largest absolute Gasteiger partial charge is 0.359 e. The molecule has 0 atom stereocenters. The van der Waals surface area contributed by atoms with Crippen LogP contribution in [-0.2, 0) is 11.2 Å². The molecule has 6 heteroatoms. The summed E-state index contributed by atoms with van der Waals surface area (Å²) in [6.07, 6.45) is 5.38. The predicted molar refractivity (Wildman–Crippen MR) is 118 cm³/mol. The highest BCUT2D eigenvalue weighted by atomic mass is 32.1. The highest BCUT2D eigenvalue weighted by molar-refractivity contribution is 7.12. The molecule has 0 fully saturated rings. The molecule has 28 heavy (non-hydrogen) atoms. The van der Waals surface area contributed by atoms with E-state index in [1.807, 2.05) is 23.6 Å². The molecule has 0 bridgehead atoms. The van der Waals surface area contributed by atoms with Gasteiger partial charge in [-0.3, -0.25) is 4.79 Å². The quantitative estimate of drug-likeness (QED) is 0.514. The molecule has 0 saturated carbocycles. The van der Waals surface area contributed by atoms with Gasteiger partial charge in [0.05, 0.1) is 10.5 Å². The van der Waals surface area contributed by atoms with E-state index in [4.69, 9.17) is 0 Å². The third kappa shape index (κ3) is 4.45. The minimum absolute atomic E-state index is 0.141. The summed E-state index contributed by atoms with van der Waals surface area (Å²) < 4.78 is 0. The maximum atomic E-state index is 12.4. The molecule has 3 rings (SSSR count). The lowest BCUT2D eigenvalue weighted by atomic mass is 9.93. The number of H-pyrrole nitrogens is 1. The third-order valence-electron chi connectivity index (χ3n) is 5.06. The Morgan fingerprint density at radius 3 is 2.71 bits per heavy atom. The standard InChI is InChI=1S/C22H30N4OS/c1-14(2)20-16(9-6-7-11-26(4)5)15(3)23-18(20)13-17-21(24-25-22(17)27)19-10-8-12-28-19/h8,10,12-14,23H,6-7,9,11H2,1-5H3,(H,25,27). The zero-order valence-electron chi connectivity index (χ0n) is 17.4. The van der Waals surface area contributed by atoms with Gasteiger partial charge in [-0.05, 0) is 81.4 Å². The Balaban J connectivity index is 1.91. The Bertz CT molecular complexity index is 888. The maximum absolute atomic E-state index is 12.4. The highest BCUT2D eigenvalue weighted by Gasteiger charge is 2.26. The van der Waals surface area contributed by atoms with E-state index in [9.17, 15) is 4.79 Å². The number of thiophene rings is 1. The Labute approximate surface area is 171 Å². The summed E-state index contributed by atoms with van der Waals surface area (Å²) in [5.41, 5.74) is 8.93. The topological polar surface area (TPSA) is 60.5 Å². The smallest absolute Gasteiger partial charge is 0.273 e. The summed E-state index contributed by atoms with van der Waals surface area (Å²) in [5, 5.41) is 6.26. The first kappa shape index (κ1) is 20.6. The average Bonchev–Trinajstić information content (AvgIpc) is 3.33. The lowest BCUT2D eigenvalue weighted by molar-refractivity contribution is -0.116. The molecule has 2 aromatic rings. The van der Waals surface area contributed by atoms with Gasteiger partial charge >= 0.3 is 0 Å². The van der Waals surface area contributed by atoms with Crippen molar-refractivity contribution in [2.24, 2.45) is 5.10 Å². The fourth-order valence-electron chi connectivity index (χ4n) is 3.75. The van der Waals surface area contributed by atoms with Gasteiger partial charge in [0.2, 0.25) is 0 Å². The number of nitrogens with one attached hydrogen (secondary N) is 2. The van der Waals surface area contributed by atoms with Crippen molar-refractivity contribution in [2.75, 3.05) is 20.6 Å². The molecule has 2 N–H and O–H groups in total. The van der Waals surface area contributed by atoms with Crippen molar-refractivity contribution in [1.29, 1.82) is 0 Å². The Hall–Kier alpha value is -2.18. The van der Waals surface area contributed by atoms with Gasteiger partial charge in [0, 0.05) is 11.4 Å². The normalized spacial score (nSPS) is 15.8. The van der Waals surface area contributed by atoms with E-state index in [0.717, 1.165) is 35.7 Å². The molecule has 1 aliphatic heterocycles. The van der Waals surface area contributed by atoms with Crippen LogP contribution in [0.1, 0.15) is 60.0 Å². The average molecular weight is 399 g/mol. The fraction of sp³-hybridized carbons (Fsp3) is 0.455. The summed E-state index contributed by atoms with van der Waals surface area (Å²) in [7, 11) is 4.23. The van der Waals surface area contributed by atoms with Crippen LogP contribution < -0.4 is 5.43 Å². The minimum Gasteiger partial charge on any atom is -0.359 e. The highest BCUT2D eigenvalue weighted by Crippen LogP contribution is 2.31. The van der Waals surface area contributed by atoms with Crippen LogP contribution in [0.4, 0.5) is 0 Å². The first-order valence-electron chi connectivity index (χ1n) is 9.88. The summed E-state index contributed by atoms with van der Waals surface area (Å²) in [6, 6.07) is 3.98. The zero-order valence-corrected chi connectivity index (χ0v) is 18.2. The Morgan fingerprint density at radius 1 is 1.29 bits per heavy atom. The van der Waals surface area contributed by atoms with Gasteiger partial charge in [0.1, 0.15) is 5.71 Å². The first-order chi connectivity index (χ1) is 13.4. The van der Waals surface area contributed by atoms with E-state index in [1.165, 1.54) is 23.2 Å². The van der Waals surface area contributed by atoms with Gasteiger partial charge in [-0.15, -0.1) is 11.3 Å². The Kier molecular flexibility index (Phi) is 6.52. The number of aromatic nitrogens is 1. The van der Waals surface area contributed by atoms with Crippen molar-refractivity contribution in [3.63, 3.8) is 0 Å². The van der Waals surface area contributed by atoms with E-state index in [0.29, 0.717) is 11.5 Å². The molecular weight excluding hydrogens is 368 g/mol. The lowest BCUT2D eigenvalue weighted by Gasteiger charge is -2.12. The van der Waals surface area contributed by atoms with Gasteiger partial charge < -0.3 is 9.88 Å². The summed E-state index contributed by atoms with van der Waals surface area (Å²) in [4.78, 5) is 19.2. The van der Waals surface area contributed by atoms with Crippen molar-refractivity contribution in [1.82, 2.24) is 15.3 Å². The van der Waals surface area contributed by atoms with Crippen LogP contribution in [0.25, 0.3) is 6.08 Å². The van der Waals surface area contributed by atoms with Crippen LogP contribution in [0.2, 0.25) is 0 Å². The molecule has 3 heterocycles. The van der Waals surface area contributed by atoms with Crippen LogP contribution >= 0.6 is 11.3 Å². The van der Waals surface area contributed by atoms with E-state index in [-0.39, 0.29) is 5.91 Å². The van der Waals surface area contributed by atoms with Crippen molar-refractivity contribution in [3.8, 4) is 0 Å². The molecular formula is C22H30N4OS. The molecule has 5 nitrogen and oxygen atoms in total. The first-order valence-corrected chi connectivity index (χ1v) is 10.8. The van der Waals surface area contributed by atoms with Crippen LogP contribution in [0.3, 0.4) is 0 Å². The fourth-order valence-corrected chi connectivity index (χ4v) is 4.48. The molecule has 0 unspecified atom stereocenters. The summed E-state index contributed by atoms with van der Waals surface area (Å²) >= 11 is 1.59. The van der Waals surface area contributed by atoms with Crippen molar-refractivity contribution < 1.29 is 4.79 Å². The van der Waals surface area contributed by atoms with Crippen molar-refractivity contribution in [2.45, 2.75) is 46.0 Å². The number of carbonyl (C=O) groups is 1. The molecule has 0 aromatic carbocycles. The predicted octanol–water partition coefficient (Wildman–Crippen LogP) is 4.31.